The summed E-state index contributed by atoms with van der Waals surface area (Å²) in [4.78, 5) is 17.7. The van der Waals surface area contributed by atoms with E-state index in [2.05, 4.69) is 10.3 Å². The number of ether oxygens (including phenoxy) is 1. The topological polar surface area (TPSA) is 93.1 Å². The Morgan fingerprint density at radius 2 is 2.17 bits per heavy atom. The van der Waals surface area contributed by atoms with E-state index < -0.39 is 0 Å². The maximum absolute atomic E-state index is 11.6. The number of amides is 1. The molecule has 0 spiro atoms. The zero-order chi connectivity index (χ0) is 16.8. The van der Waals surface area contributed by atoms with Gasteiger partial charge in [-0.3, -0.25) is 0 Å². The normalized spacial score (nSPS) is 16.5. The van der Waals surface area contributed by atoms with Gasteiger partial charge >= 0.3 is 6.09 Å². The number of hydrogen-bond acceptors (Lipinski definition) is 4. The van der Waals surface area contributed by atoms with Crippen molar-refractivity contribution in [3.05, 3.63) is 23.2 Å². The lowest BCUT2D eigenvalue weighted by Crippen LogP contribution is -2.48. The molecule has 2 rings (SSSR count). The molecule has 0 aromatic carbocycles. The fraction of sp³-hybridized carbons (Fsp3) is 0.625. The summed E-state index contributed by atoms with van der Waals surface area (Å²) in [6.07, 6.45) is 1.43. The van der Waals surface area contributed by atoms with Gasteiger partial charge in [-0.05, 0) is 39.7 Å². The molecule has 0 atom stereocenters. The number of aliphatic imine (C=N–C) groups is 1. The lowest BCUT2D eigenvalue weighted by atomic mass is 10.1. The molecule has 1 saturated heterocycles. The Bertz CT molecular complexity index is 560. The second-order valence-electron chi connectivity index (χ2n) is 5.74. The van der Waals surface area contributed by atoms with E-state index in [1.165, 1.54) is 0 Å². The highest BCUT2D eigenvalue weighted by molar-refractivity contribution is 5.78. The molecule has 0 saturated carbocycles. The van der Waals surface area contributed by atoms with Gasteiger partial charge in [0.05, 0.1) is 13.2 Å². The number of nitrogens with one attached hydrogen (secondary N) is 1. The Balaban J connectivity index is 1.78. The van der Waals surface area contributed by atoms with Crippen LogP contribution >= 0.6 is 0 Å². The van der Waals surface area contributed by atoms with E-state index in [4.69, 9.17) is 14.9 Å². The number of carbonyl (C=O) groups is 1. The molecule has 3 N–H and O–H groups in total. The summed E-state index contributed by atoms with van der Waals surface area (Å²) in [7, 11) is 0. The minimum Gasteiger partial charge on any atom is -0.466 e. The third kappa shape index (κ3) is 4.91. The second kappa shape index (κ2) is 7.89. The summed E-state index contributed by atoms with van der Waals surface area (Å²) >= 11 is 0. The maximum atomic E-state index is 11.6. The molecule has 1 aromatic rings. The molecule has 7 nitrogen and oxygen atoms in total. The molecule has 0 radical (unpaired) electrons. The van der Waals surface area contributed by atoms with E-state index in [9.17, 15) is 4.79 Å². The molecule has 0 bridgehead atoms. The van der Waals surface area contributed by atoms with Crippen LogP contribution in [-0.2, 0) is 11.3 Å². The quantitative estimate of drug-likeness (QED) is 0.652. The molecule has 1 amide bonds. The fourth-order valence-electron chi connectivity index (χ4n) is 2.69. The van der Waals surface area contributed by atoms with Gasteiger partial charge in [-0.15, -0.1) is 0 Å². The fourth-order valence-corrected chi connectivity index (χ4v) is 2.69. The molecule has 0 unspecified atom stereocenters. The molecule has 2 heterocycles. The van der Waals surface area contributed by atoms with Crippen LogP contribution in [0, 0.1) is 13.8 Å². The minimum absolute atomic E-state index is 0.233. The number of hydrogen-bond donors (Lipinski definition) is 2. The molecule has 23 heavy (non-hydrogen) atoms. The Morgan fingerprint density at radius 1 is 1.48 bits per heavy atom. The van der Waals surface area contributed by atoms with Gasteiger partial charge in [0.1, 0.15) is 11.5 Å². The SMILES string of the molecule is CCOC(=O)N1CCC(NC(N)=NCc2cc(C)oc2C)CC1. The largest absolute Gasteiger partial charge is 0.466 e. The van der Waals surface area contributed by atoms with Crippen molar-refractivity contribution in [2.24, 2.45) is 10.7 Å². The number of piperidine rings is 1. The maximum Gasteiger partial charge on any atom is 0.409 e. The van der Waals surface area contributed by atoms with Gasteiger partial charge in [0.15, 0.2) is 5.96 Å². The highest BCUT2D eigenvalue weighted by atomic mass is 16.6. The first-order valence-electron chi connectivity index (χ1n) is 8.03. The van der Waals surface area contributed by atoms with Gasteiger partial charge in [-0.25, -0.2) is 9.79 Å². The van der Waals surface area contributed by atoms with E-state index in [0.29, 0.717) is 32.2 Å². The molecule has 1 aliphatic heterocycles. The molecular weight excluding hydrogens is 296 g/mol. The van der Waals surface area contributed by atoms with Crippen molar-refractivity contribution < 1.29 is 13.9 Å². The number of likely N-dealkylation sites (tertiary alicyclic amines) is 1. The Labute approximate surface area is 136 Å². The van der Waals surface area contributed by atoms with Gasteiger partial charge in [-0.1, -0.05) is 0 Å². The predicted octanol–water partition coefficient (Wildman–Crippen LogP) is 1.92. The number of rotatable bonds is 4. The molecule has 0 aliphatic carbocycles. The molecular formula is C16H26N4O3. The lowest BCUT2D eigenvalue weighted by molar-refractivity contribution is 0.0963. The van der Waals surface area contributed by atoms with Crippen LogP contribution in [0.15, 0.2) is 15.5 Å². The van der Waals surface area contributed by atoms with Gasteiger partial charge in [0.2, 0.25) is 0 Å². The average Bonchev–Trinajstić information content (AvgIpc) is 2.84. The van der Waals surface area contributed by atoms with Crippen LogP contribution in [0.1, 0.15) is 36.8 Å². The van der Waals surface area contributed by atoms with Gasteiger partial charge < -0.3 is 25.1 Å². The van der Waals surface area contributed by atoms with Crippen LogP contribution in [-0.4, -0.2) is 42.7 Å². The minimum atomic E-state index is -0.238. The summed E-state index contributed by atoms with van der Waals surface area (Å²) in [6.45, 7) is 7.90. The highest BCUT2D eigenvalue weighted by Crippen LogP contribution is 2.15. The van der Waals surface area contributed by atoms with E-state index in [0.717, 1.165) is 29.9 Å². The van der Waals surface area contributed by atoms with Crippen molar-refractivity contribution in [3.63, 3.8) is 0 Å². The number of guanidine groups is 1. The molecule has 1 aromatic heterocycles. The van der Waals surface area contributed by atoms with Crippen molar-refractivity contribution in [1.29, 1.82) is 0 Å². The molecule has 7 heteroatoms. The summed E-state index contributed by atoms with van der Waals surface area (Å²) in [6, 6.07) is 2.21. The van der Waals surface area contributed by atoms with Crippen LogP contribution < -0.4 is 11.1 Å². The summed E-state index contributed by atoms with van der Waals surface area (Å²) in [5, 5.41) is 3.23. The predicted molar refractivity (Wildman–Crippen MR) is 88.3 cm³/mol. The lowest BCUT2D eigenvalue weighted by Gasteiger charge is -2.31. The van der Waals surface area contributed by atoms with Crippen LogP contribution in [0.5, 0.6) is 0 Å². The summed E-state index contributed by atoms with van der Waals surface area (Å²) < 4.78 is 10.5. The summed E-state index contributed by atoms with van der Waals surface area (Å²) in [5.41, 5.74) is 7.00. The van der Waals surface area contributed by atoms with Gasteiger partial charge in [-0.2, -0.15) is 0 Å². The van der Waals surface area contributed by atoms with E-state index in [-0.39, 0.29) is 12.1 Å². The van der Waals surface area contributed by atoms with Crippen molar-refractivity contribution in [2.75, 3.05) is 19.7 Å². The molecule has 1 aliphatic rings. The Kier molecular flexibility index (Phi) is 5.90. The van der Waals surface area contributed by atoms with Gasteiger partial charge in [0.25, 0.3) is 0 Å². The second-order valence-corrected chi connectivity index (χ2v) is 5.74. The van der Waals surface area contributed by atoms with Crippen LogP contribution in [0.25, 0.3) is 0 Å². The molecule has 128 valence electrons. The van der Waals surface area contributed by atoms with Crippen molar-refractivity contribution in [2.45, 2.75) is 46.2 Å². The zero-order valence-electron chi connectivity index (χ0n) is 14.1. The Hall–Kier alpha value is -2.18. The average molecular weight is 322 g/mol. The standard InChI is InChI=1S/C16H26N4O3/c1-4-22-16(21)20-7-5-14(6-8-20)19-15(17)18-10-13-9-11(2)23-12(13)3/h9,14H,4-8,10H2,1-3H3,(H3,17,18,19). The number of nitrogens with two attached hydrogens (primary N) is 1. The third-order valence-electron chi connectivity index (χ3n) is 3.94. The first-order valence-corrected chi connectivity index (χ1v) is 8.03. The van der Waals surface area contributed by atoms with Crippen molar-refractivity contribution >= 4 is 12.1 Å². The zero-order valence-corrected chi connectivity index (χ0v) is 14.1. The highest BCUT2D eigenvalue weighted by Gasteiger charge is 2.23. The first kappa shape index (κ1) is 17.2. The van der Waals surface area contributed by atoms with E-state index in [1.807, 2.05) is 26.8 Å². The van der Waals surface area contributed by atoms with Crippen molar-refractivity contribution in [1.82, 2.24) is 10.2 Å². The number of nitrogens with zero attached hydrogens (tertiary/aromatic N) is 2. The Morgan fingerprint density at radius 3 is 2.74 bits per heavy atom. The number of carbonyl (C=O) groups excluding carboxylic acids is 1. The van der Waals surface area contributed by atoms with Crippen LogP contribution in [0.3, 0.4) is 0 Å². The number of furan rings is 1. The third-order valence-corrected chi connectivity index (χ3v) is 3.94. The first-order chi connectivity index (χ1) is 11.0. The van der Waals surface area contributed by atoms with E-state index >= 15 is 0 Å². The van der Waals surface area contributed by atoms with Gasteiger partial charge in [0, 0.05) is 24.7 Å². The summed E-state index contributed by atoms with van der Waals surface area (Å²) in [5.74, 6) is 2.19. The van der Waals surface area contributed by atoms with Crippen LogP contribution in [0.2, 0.25) is 0 Å². The monoisotopic (exact) mass is 322 g/mol. The molecule has 1 fully saturated rings. The smallest absolute Gasteiger partial charge is 0.409 e. The number of aryl methyl sites for hydroxylation is 2. The van der Waals surface area contributed by atoms with Crippen LogP contribution in [0.4, 0.5) is 4.79 Å². The van der Waals surface area contributed by atoms with E-state index in [1.54, 1.807) is 4.90 Å². The van der Waals surface area contributed by atoms with Crippen molar-refractivity contribution in [3.8, 4) is 0 Å².